The average Bonchev–Trinajstić information content (AvgIpc) is 2.82. The molecule has 2 heterocycles. The molecule has 0 bridgehead atoms. The maximum absolute atomic E-state index is 14.6. The van der Waals surface area contributed by atoms with Crippen LogP contribution in [0.4, 0.5) is 23.4 Å². The zero-order valence-corrected chi connectivity index (χ0v) is 20.6. The second-order valence-electron chi connectivity index (χ2n) is 8.42. The van der Waals surface area contributed by atoms with E-state index in [2.05, 4.69) is 4.98 Å². The SMILES string of the molecule is CS(=O)(=O)c1ccc(-c2ccccc2F)c(C(O)N2CCN(c3ncc(C(F)(F)F)cc3Cl)CC2)c1. The van der Waals surface area contributed by atoms with Crippen LogP contribution < -0.4 is 4.90 Å². The van der Waals surface area contributed by atoms with Crippen LogP contribution in [0.5, 0.6) is 0 Å². The first kappa shape index (κ1) is 26.3. The second-order valence-corrected chi connectivity index (χ2v) is 10.8. The molecular formula is C24H22ClF4N3O3S. The van der Waals surface area contributed by atoms with Gasteiger partial charge in [-0.05, 0) is 29.8 Å². The highest BCUT2D eigenvalue weighted by Crippen LogP contribution is 2.36. The van der Waals surface area contributed by atoms with E-state index in [-0.39, 0.29) is 53.0 Å². The van der Waals surface area contributed by atoms with Gasteiger partial charge in [-0.2, -0.15) is 13.2 Å². The molecule has 0 saturated carbocycles. The topological polar surface area (TPSA) is 73.7 Å². The number of piperazine rings is 1. The van der Waals surface area contributed by atoms with Crippen molar-refractivity contribution in [2.45, 2.75) is 17.3 Å². The summed E-state index contributed by atoms with van der Waals surface area (Å²) in [6, 6.07) is 11.0. The van der Waals surface area contributed by atoms with Crippen LogP contribution in [0.2, 0.25) is 5.02 Å². The fraction of sp³-hybridized carbons (Fsp3) is 0.292. The minimum atomic E-state index is -4.56. The zero-order valence-electron chi connectivity index (χ0n) is 19.0. The molecule has 1 unspecified atom stereocenters. The van der Waals surface area contributed by atoms with Gasteiger partial charge in [0.1, 0.15) is 17.9 Å². The lowest BCUT2D eigenvalue weighted by Gasteiger charge is -2.38. The van der Waals surface area contributed by atoms with E-state index in [4.69, 9.17) is 11.6 Å². The number of anilines is 1. The van der Waals surface area contributed by atoms with Gasteiger partial charge in [-0.25, -0.2) is 17.8 Å². The Morgan fingerprint density at radius 2 is 1.69 bits per heavy atom. The molecule has 0 aliphatic carbocycles. The molecule has 2 aromatic carbocycles. The first-order chi connectivity index (χ1) is 16.9. The largest absolute Gasteiger partial charge is 0.417 e. The fourth-order valence-electron chi connectivity index (χ4n) is 4.10. The predicted molar refractivity (Wildman–Crippen MR) is 128 cm³/mol. The van der Waals surface area contributed by atoms with Crippen LogP contribution in [0, 0.1) is 5.82 Å². The zero-order chi connectivity index (χ0) is 26.3. The molecule has 1 aromatic heterocycles. The predicted octanol–water partition coefficient (Wildman–Crippen LogP) is 4.78. The van der Waals surface area contributed by atoms with Gasteiger partial charge in [-0.15, -0.1) is 0 Å². The number of hydrogen-bond donors (Lipinski definition) is 1. The number of benzene rings is 2. The van der Waals surface area contributed by atoms with E-state index in [1.165, 1.54) is 36.4 Å². The van der Waals surface area contributed by atoms with Gasteiger partial charge >= 0.3 is 6.18 Å². The number of aliphatic hydroxyl groups excluding tert-OH is 1. The van der Waals surface area contributed by atoms with E-state index < -0.39 is 33.6 Å². The van der Waals surface area contributed by atoms with Gasteiger partial charge in [0.15, 0.2) is 9.84 Å². The van der Waals surface area contributed by atoms with Gasteiger partial charge < -0.3 is 10.0 Å². The number of nitrogens with zero attached hydrogens (tertiary/aromatic N) is 3. The summed E-state index contributed by atoms with van der Waals surface area (Å²) in [5, 5.41) is 11.1. The Morgan fingerprint density at radius 3 is 2.28 bits per heavy atom. The summed E-state index contributed by atoms with van der Waals surface area (Å²) in [6.07, 6.45) is -4.06. The minimum absolute atomic E-state index is 0.0176. The molecule has 0 spiro atoms. The average molecular weight is 544 g/mol. The van der Waals surface area contributed by atoms with E-state index in [1.807, 2.05) is 0 Å². The fourth-order valence-corrected chi connectivity index (χ4v) is 5.05. The van der Waals surface area contributed by atoms with E-state index >= 15 is 0 Å². The van der Waals surface area contributed by atoms with Gasteiger partial charge in [-0.3, -0.25) is 4.90 Å². The molecule has 0 amide bonds. The van der Waals surface area contributed by atoms with Gasteiger partial charge in [-0.1, -0.05) is 35.9 Å². The first-order valence-electron chi connectivity index (χ1n) is 10.8. The molecule has 4 rings (SSSR count). The molecule has 1 saturated heterocycles. The number of pyridine rings is 1. The Balaban J connectivity index is 1.60. The minimum Gasteiger partial charge on any atom is -0.374 e. The molecule has 1 N–H and O–H groups in total. The summed E-state index contributed by atoms with van der Waals surface area (Å²) >= 11 is 6.07. The van der Waals surface area contributed by atoms with Crippen LogP contribution in [-0.2, 0) is 16.0 Å². The van der Waals surface area contributed by atoms with Gasteiger partial charge in [0, 0.05) is 49.8 Å². The van der Waals surface area contributed by atoms with Crippen molar-refractivity contribution in [2.24, 2.45) is 0 Å². The highest BCUT2D eigenvalue weighted by Gasteiger charge is 2.33. The third-order valence-electron chi connectivity index (χ3n) is 6.00. The van der Waals surface area contributed by atoms with Gasteiger partial charge in [0.05, 0.1) is 15.5 Å². The molecule has 1 aliphatic rings. The van der Waals surface area contributed by atoms with Crippen LogP contribution in [0.25, 0.3) is 11.1 Å². The number of alkyl halides is 3. The van der Waals surface area contributed by atoms with Crippen molar-refractivity contribution in [3.63, 3.8) is 0 Å². The van der Waals surface area contributed by atoms with E-state index in [9.17, 15) is 31.1 Å². The first-order valence-corrected chi connectivity index (χ1v) is 13.1. The van der Waals surface area contributed by atoms with E-state index in [0.29, 0.717) is 5.56 Å². The summed E-state index contributed by atoms with van der Waals surface area (Å²) in [5.74, 6) is -0.323. The van der Waals surface area contributed by atoms with Crippen LogP contribution in [0.1, 0.15) is 17.4 Å². The Morgan fingerprint density at radius 1 is 1.03 bits per heavy atom. The maximum Gasteiger partial charge on any atom is 0.417 e. The molecule has 1 atom stereocenters. The smallest absolute Gasteiger partial charge is 0.374 e. The molecule has 36 heavy (non-hydrogen) atoms. The lowest BCUT2D eigenvalue weighted by atomic mass is 9.97. The van der Waals surface area contributed by atoms with Crippen molar-refractivity contribution in [3.8, 4) is 11.1 Å². The molecule has 192 valence electrons. The Labute approximate surface area is 210 Å². The molecular weight excluding hydrogens is 522 g/mol. The van der Waals surface area contributed by atoms with Gasteiger partial charge in [0.25, 0.3) is 0 Å². The standard InChI is InChI=1S/C24H22ClF4N3O3S/c1-36(34,35)16-6-7-17(18-4-2-3-5-21(18)26)19(13-16)23(33)32-10-8-31(9-11-32)22-20(25)12-15(14-30-22)24(27,28)29/h2-7,12-14,23,33H,8-11H2,1H3. The molecule has 0 radical (unpaired) electrons. The Kier molecular flexibility index (Phi) is 7.29. The van der Waals surface area contributed by atoms with Crippen molar-refractivity contribution in [1.29, 1.82) is 0 Å². The Bertz CT molecular complexity index is 1380. The highest BCUT2D eigenvalue weighted by atomic mass is 35.5. The summed E-state index contributed by atoms with van der Waals surface area (Å²) in [5.41, 5.74) is -0.159. The van der Waals surface area contributed by atoms with E-state index in [1.54, 1.807) is 15.9 Å². The quantitative estimate of drug-likeness (QED) is 0.467. The lowest BCUT2D eigenvalue weighted by Crippen LogP contribution is -2.48. The van der Waals surface area contributed by atoms with Crippen LogP contribution in [0.3, 0.4) is 0 Å². The van der Waals surface area contributed by atoms with E-state index in [0.717, 1.165) is 18.5 Å². The normalized spacial score (nSPS) is 16.2. The summed E-state index contributed by atoms with van der Waals surface area (Å²) < 4.78 is 77.6. The molecule has 3 aromatic rings. The van der Waals surface area contributed by atoms with Crippen molar-refractivity contribution in [1.82, 2.24) is 9.88 Å². The summed E-state index contributed by atoms with van der Waals surface area (Å²) in [6.45, 7) is 1.10. The maximum atomic E-state index is 14.6. The number of aliphatic hydroxyl groups is 1. The number of hydrogen-bond acceptors (Lipinski definition) is 6. The van der Waals surface area contributed by atoms with Crippen LogP contribution in [-0.4, -0.2) is 55.8 Å². The number of aromatic nitrogens is 1. The highest BCUT2D eigenvalue weighted by molar-refractivity contribution is 7.90. The third kappa shape index (κ3) is 5.49. The monoisotopic (exact) mass is 543 g/mol. The number of sulfone groups is 1. The molecule has 1 fully saturated rings. The molecule has 12 heteroatoms. The van der Waals surface area contributed by atoms with Crippen molar-refractivity contribution in [2.75, 3.05) is 37.3 Å². The Hall–Kier alpha value is -2.73. The molecule has 6 nitrogen and oxygen atoms in total. The van der Waals surface area contributed by atoms with Crippen molar-refractivity contribution < 1.29 is 31.1 Å². The van der Waals surface area contributed by atoms with Crippen LogP contribution >= 0.6 is 11.6 Å². The van der Waals surface area contributed by atoms with Gasteiger partial charge in [0.2, 0.25) is 0 Å². The van der Waals surface area contributed by atoms with Crippen LogP contribution in [0.15, 0.2) is 59.6 Å². The van der Waals surface area contributed by atoms with Crippen molar-refractivity contribution in [3.05, 3.63) is 76.7 Å². The number of halogens is 5. The second kappa shape index (κ2) is 9.97. The number of rotatable bonds is 5. The summed E-state index contributed by atoms with van der Waals surface area (Å²) in [4.78, 5) is 7.24. The summed E-state index contributed by atoms with van der Waals surface area (Å²) in [7, 11) is -3.60. The molecule has 1 aliphatic heterocycles. The van der Waals surface area contributed by atoms with Crippen molar-refractivity contribution >= 4 is 27.3 Å². The third-order valence-corrected chi connectivity index (χ3v) is 7.39. The lowest BCUT2D eigenvalue weighted by molar-refractivity contribution is -0.137.